The summed E-state index contributed by atoms with van der Waals surface area (Å²) in [6.45, 7) is 0.914. The van der Waals surface area contributed by atoms with Gasteiger partial charge in [0.15, 0.2) is 0 Å². The fourth-order valence-corrected chi connectivity index (χ4v) is 2.58. The first-order valence-corrected chi connectivity index (χ1v) is 6.81. The number of benzene rings is 1. The quantitative estimate of drug-likeness (QED) is 0.933. The van der Waals surface area contributed by atoms with E-state index in [2.05, 4.69) is 0 Å². The smallest absolute Gasteiger partial charge is 0.303 e. The summed E-state index contributed by atoms with van der Waals surface area (Å²) in [5.41, 5.74) is 0.00563. The van der Waals surface area contributed by atoms with Crippen LogP contribution in [0.3, 0.4) is 0 Å². The molecule has 1 aromatic rings. The first-order chi connectivity index (χ1) is 9.47. The predicted molar refractivity (Wildman–Crippen MR) is 72.3 cm³/mol. The van der Waals surface area contributed by atoms with Crippen LogP contribution in [0, 0.1) is 11.7 Å². The molecule has 4 nitrogen and oxygen atoms in total. The van der Waals surface area contributed by atoms with Gasteiger partial charge in [0.05, 0.1) is 5.56 Å². The summed E-state index contributed by atoms with van der Waals surface area (Å²) >= 11 is 5.65. The molecule has 1 aliphatic rings. The minimum atomic E-state index is -0.821. The summed E-state index contributed by atoms with van der Waals surface area (Å²) in [7, 11) is 0. The SMILES string of the molecule is O=C(O)CC1CCN(C(=O)c2ccc(Cl)cc2F)CC1. The largest absolute Gasteiger partial charge is 0.481 e. The monoisotopic (exact) mass is 299 g/mol. The second-order valence-corrected chi connectivity index (χ2v) is 5.39. The number of amides is 1. The van der Waals surface area contributed by atoms with Gasteiger partial charge in [-0.25, -0.2) is 4.39 Å². The zero-order valence-electron chi connectivity index (χ0n) is 10.8. The van der Waals surface area contributed by atoms with E-state index in [0.29, 0.717) is 25.9 Å². The molecule has 2 rings (SSSR count). The molecular formula is C14H15ClFNO3. The number of hydrogen-bond acceptors (Lipinski definition) is 2. The van der Waals surface area contributed by atoms with Crippen molar-refractivity contribution in [2.75, 3.05) is 13.1 Å². The molecule has 1 N–H and O–H groups in total. The van der Waals surface area contributed by atoms with Gasteiger partial charge in [0.1, 0.15) is 5.82 Å². The number of carbonyl (C=O) groups excluding carboxylic acids is 1. The van der Waals surface area contributed by atoms with Gasteiger partial charge >= 0.3 is 5.97 Å². The molecule has 1 aromatic carbocycles. The Morgan fingerprint density at radius 1 is 1.35 bits per heavy atom. The maximum Gasteiger partial charge on any atom is 0.303 e. The predicted octanol–water partition coefficient (Wildman–Crippen LogP) is 2.81. The van der Waals surface area contributed by atoms with Crippen LogP contribution in [0.2, 0.25) is 5.02 Å². The van der Waals surface area contributed by atoms with Crippen LogP contribution in [0.1, 0.15) is 29.6 Å². The molecule has 0 saturated carbocycles. The first kappa shape index (κ1) is 14.8. The molecule has 1 fully saturated rings. The maximum atomic E-state index is 13.7. The van der Waals surface area contributed by atoms with Crippen molar-refractivity contribution in [3.8, 4) is 0 Å². The number of carboxylic acids is 1. The third-order valence-electron chi connectivity index (χ3n) is 3.53. The Morgan fingerprint density at radius 2 is 2.00 bits per heavy atom. The molecule has 0 unspecified atom stereocenters. The highest BCUT2D eigenvalue weighted by Gasteiger charge is 2.26. The molecule has 1 amide bonds. The molecule has 0 aliphatic carbocycles. The van der Waals surface area contributed by atoms with Gasteiger partial charge in [-0.2, -0.15) is 0 Å². The van der Waals surface area contributed by atoms with Gasteiger partial charge in [0, 0.05) is 24.5 Å². The lowest BCUT2D eigenvalue weighted by atomic mass is 9.93. The van der Waals surface area contributed by atoms with E-state index in [9.17, 15) is 14.0 Å². The molecule has 0 aromatic heterocycles. The van der Waals surface area contributed by atoms with Gasteiger partial charge in [-0.1, -0.05) is 11.6 Å². The highest BCUT2D eigenvalue weighted by atomic mass is 35.5. The van der Waals surface area contributed by atoms with E-state index < -0.39 is 11.8 Å². The van der Waals surface area contributed by atoms with E-state index in [4.69, 9.17) is 16.7 Å². The van der Waals surface area contributed by atoms with Gasteiger partial charge in [-0.15, -0.1) is 0 Å². The maximum absolute atomic E-state index is 13.7. The summed E-state index contributed by atoms with van der Waals surface area (Å²) in [4.78, 5) is 24.4. The Labute approximate surface area is 121 Å². The lowest BCUT2D eigenvalue weighted by Gasteiger charge is -2.31. The van der Waals surface area contributed by atoms with Crippen LogP contribution in [0.5, 0.6) is 0 Å². The Hall–Kier alpha value is -1.62. The molecule has 1 aliphatic heterocycles. The average Bonchev–Trinajstić information content (AvgIpc) is 2.38. The molecular weight excluding hydrogens is 285 g/mol. The minimum absolute atomic E-state index is 0.00563. The normalized spacial score (nSPS) is 16.2. The van der Waals surface area contributed by atoms with Gasteiger partial charge in [-0.05, 0) is 37.0 Å². The molecule has 6 heteroatoms. The molecule has 20 heavy (non-hydrogen) atoms. The highest BCUT2D eigenvalue weighted by molar-refractivity contribution is 6.30. The number of rotatable bonds is 3. The summed E-state index contributed by atoms with van der Waals surface area (Å²) < 4.78 is 13.7. The van der Waals surface area contributed by atoms with Crippen molar-refractivity contribution < 1.29 is 19.1 Å². The summed E-state index contributed by atoms with van der Waals surface area (Å²) in [6.07, 6.45) is 1.39. The van der Waals surface area contributed by atoms with E-state index in [0.717, 1.165) is 6.07 Å². The topological polar surface area (TPSA) is 57.6 Å². The molecule has 108 valence electrons. The third-order valence-corrected chi connectivity index (χ3v) is 3.76. The number of piperidine rings is 1. The Kier molecular flexibility index (Phi) is 4.60. The van der Waals surface area contributed by atoms with Crippen molar-refractivity contribution in [3.05, 3.63) is 34.6 Å². The number of aliphatic carboxylic acids is 1. The number of hydrogen-bond donors (Lipinski definition) is 1. The van der Waals surface area contributed by atoms with Crippen LogP contribution in [0.25, 0.3) is 0 Å². The molecule has 0 radical (unpaired) electrons. The Balaban J connectivity index is 1.99. The van der Waals surface area contributed by atoms with E-state index in [1.807, 2.05) is 0 Å². The van der Waals surface area contributed by atoms with Crippen molar-refractivity contribution in [3.63, 3.8) is 0 Å². The first-order valence-electron chi connectivity index (χ1n) is 6.43. The number of carbonyl (C=O) groups is 2. The molecule has 1 heterocycles. The fraction of sp³-hybridized carbons (Fsp3) is 0.429. The van der Waals surface area contributed by atoms with E-state index >= 15 is 0 Å². The van der Waals surface area contributed by atoms with Crippen LogP contribution in [-0.4, -0.2) is 35.0 Å². The van der Waals surface area contributed by atoms with Crippen LogP contribution in [-0.2, 0) is 4.79 Å². The summed E-state index contributed by atoms with van der Waals surface area (Å²) in [6, 6.07) is 3.98. The summed E-state index contributed by atoms with van der Waals surface area (Å²) in [5.74, 6) is -1.73. The number of carboxylic acid groups (broad SMARTS) is 1. The van der Waals surface area contributed by atoms with E-state index in [-0.39, 0.29) is 28.8 Å². The molecule has 0 spiro atoms. The second kappa shape index (κ2) is 6.22. The van der Waals surface area contributed by atoms with E-state index in [1.54, 1.807) is 4.90 Å². The molecule has 1 saturated heterocycles. The Bertz CT molecular complexity index is 527. The molecule has 0 bridgehead atoms. The van der Waals surface area contributed by atoms with Crippen LogP contribution >= 0.6 is 11.6 Å². The number of halogens is 2. The van der Waals surface area contributed by atoms with Gasteiger partial charge in [0.25, 0.3) is 5.91 Å². The lowest BCUT2D eigenvalue weighted by Crippen LogP contribution is -2.39. The zero-order valence-corrected chi connectivity index (χ0v) is 11.6. The number of likely N-dealkylation sites (tertiary alicyclic amines) is 1. The average molecular weight is 300 g/mol. The van der Waals surface area contributed by atoms with Gasteiger partial charge in [0.2, 0.25) is 0 Å². The highest BCUT2D eigenvalue weighted by Crippen LogP contribution is 2.23. The standard InChI is InChI=1S/C14H15ClFNO3/c15-10-1-2-11(12(16)8-10)14(20)17-5-3-9(4-6-17)7-13(18)19/h1-2,8-9H,3-7H2,(H,18,19). The lowest BCUT2D eigenvalue weighted by molar-refractivity contribution is -0.138. The second-order valence-electron chi connectivity index (χ2n) is 4.96. The molecule has 0 atom stereocenters. The van der Waals surface area contributed by atoms with E-state index in [1.165, 1.54) is 12.1 Å². The van der Waals surface area contributed by atoms with Crippen molar-refractivity contribution >= 4 is 23.5 Å². The van der Waals surface area contributed by atoms with Crippen molar-refractivity contribution in [2.24, 2.45) is 5.92 Å². The Morgan fingerprint density at radius 3 is 2.55 bits per heavy atom. The van der Waals surface area contributed by atoms with Crippen LogP contribution in [0.15, 0.2) is 18.2 Å². The van der Waals surface area contributed by atoms with Gasteiger partial charge < -0.3 is 10.0 Å². The number of nitrogens with zero attached hydrogens (tertiary/aromatic N) is 1. The minimum Gasteiger partial charge on any atom is -0.481 e. The van der Waals surface area contributed by atoms with Crippen LogP contribution in [0.4, 0.5) is 4.39 Å². The van der Waals surface area contributed by atoms with Crippen LogP contribution < -0.4 is 0 Å². The van der Waals surface area contributed by atoms with Gasteiger partial charge in [-0.3, -0.25) is 9.59 Å². The van der Waals surface area contributed by atoms with Crippen molar-refractivity contribution in [1.29, 1.82) is 0 Å². The van der Waals surface area contributed by atoms with Crippen molar-refractivity contribution in [1.82, 2.24) is 4.90 Å². The summed E-state index contributed by atoms with van der Waals surface area (Å²) in [5, 5.41) is 8.99. The fourth-order valence-electron chi connectivity index (χ4n) is 2.42. The third kappa shape index (κ3) is 3.48. The van der Waals surface area contributed by atoms with Crippen molar-refractivity contribution in [2.45, 2.75) is 19.3 Å². The zero-order chi connectivity index (χ0) is 14.7.